The van der Waals surface area contributed by atoms with Crippen LogP contribution >= 0.6 is 0 Å². The Morgan fingerprint density at radius 2 is 2.00 bits per heavy atom. The van der Waals surface area contributed by atoms with E-state index >= 15 is 0 Å². The number of likely N-dealkylation sites (N-methyl/N-ethyl adjacent to an activating group) is 1. The Hall–Kier alpha value is -2.08. The van der Waals surface area contributed by atoms with E-state index in [1.807, 2.05) is 19.2 Å². The van der Waals surface area contributed by atoms with E-state index in [-0.39, 0.29) is 0 Å². The lowest BCUT2D eigenvalue weighted by Crippen LogP contribution is -2.36. The number of nitrogens with one attached hydrogen (secondary N) is 1. The van der Waals surface area contributed by atoms with Crippen molar-refractivity contribution < 1.29 is 4.42 Å². The maximum absolute atomic E-state index is 5.68. The van der Waals surface area contributed by atoms with Gasteiger partial charge in [-0.25, -0.2) is 0 Å². The summed E-state index contributed by atoms with van der Waals surface area (Å²) < 4.78 is 5.68. The van der Waals surface area contributed by atoms with E-state index in [9.17, 15) is 0 Å². The van der Waals surface area contributed by atoms with Crippen LogP contribution in [0, 0.1) is 0 Å². The molecule has 1 aliphatic heterocycles. The molecule has 2 heterocycles. The first kappa shape index (κ1) is 12.0. The highest BCUT2D eigenvalue weighted by molar-refractivity contribution is 5.76. The quantitative estimate of drug-likeness (QED) is 0.898. The highest BCUT2D eigenvalue weighted by Crippen LogP contribution is 2.35. The lowest BCUT2D eigenvalue weighted by molar-refractivity contribution is 0.479. The Kier molecular flexibility index (Phi) is 3.08. The number of hydrogen-bond acceptors (Lipinski definition) is 6. The van der Waals surface area contributed by atoms with Gasteiger partial charge in [-0.1, -0.05) is 17.2 Å². The third kappa shape index (κ3) is 2.15. The molecule has 19 heavy (non-hydrogen) atoms. The monoisotopic (exact) mass is 259 g/mol. The predicted molar refractivity (Wildman–Crippen MR) is 73.8 cm³/mol. The Morgan fingerprint density at radius 1 is 1.21 bits per heavy atom. The zero-order valence-corrected chi connectivity index (χ0v) is 11.1. The largest absolute Gasteiger partial charge is 0.406 e. The van der Waals surface area contributed by atoms with Crippen LogP contribution in [0.5, 0.6) is 0 Å². The van der Waals surface area contributed by atoms with E-state index in [0.717, 1.165) is 18.8 Å². The maximum atomic E-state index is 5.68. The molecule has 0 fully saturated rings. The molecule has 0 saturated carbocycles. The molecule has 1 aliphatic rings. The summed E-state index contributed by atoms with van der Waals surface area (Å²) in [6.45, 7) is 2.36. The van der Waals surface area contributed by atoms with Crippen molar-refractivity contribution >= 4 is 17.4 Å². The molecule has 0 radical (unpaired) electrons. The van der Waals surface area contributed by atoms with Gasteiger partial charge in [0, 0.05) is 20.1 Å². The second-order valence-corrected chi connectivity index (χ2v) is 4.57. The molecule has 0 atom stereocenters. The van der Waals surface area contributed by atoms with E-state index in [1.165, 1.54) is 5.69 Å². The van der Waals surface area contributed by atoms with Crippen LogP contribution in [0.25, 0.3) is 0 Å². The minimum Gasteiger partial charge on any atom is -0.406 e. The molecule has 1 N–H and O–H groups in total. The SMILES string of the molecule is CNCc1nnc(N2CCN(C)c3ccccc32)o1. The molecule has 1 aromatic heterocycles. The van der Waals surface area contributed by atoms with E-state index < -0.39 is 0 Å². The summed E-state index contributed by atoms with van der Waals surface area (Å²) in [5.74, 6) is 0.605. The average Bonchev–Trinajstić information content (AvgIpc) is 2.88. The molecule has 6 heteroatoms. The van der Waals surface area contributed by atoms with Crippen molar-refractivity contribution in [3.8, 4) is 0 Å². The number of para-hydroxylation sites is 2. The van der Waals surface area contributed by atoms with Crippen LogP contribution in [0.4, 0.5) is 17.4 Å². The second kappa shape index (κ2) is 4.89. The van der Waals surface area contributed by atoms with Crippen LogP contribution in [0.2, 0.25) is 0 Å². The van der Waals surface area contributed by atoms with E-state index in [2.05, 4.69) is 44.5 Å². The molecule has 1 aromatic carbocycles. The van der Waals surface area contributed by atoms with Gasteiger partial charge in [0.05, 0.1) is 17.9 Å². The summed E-state index contributed by atoms with van der Waals surface area (Å²) in [4.78, 5) is 4.30. The second-order valence-electron chi connectivity index (χ2n) is 4.57. The van der Waals surface area contributed by atoms with Crippen molar-refractivity contribution in [3.63, 3.8) is 0 Å². The number of anilines is 3. The van der Waals surface area contributed by atoms with E-state index in [1.54, 1.807) is 0 Å². The summed E-state index contributed by atoms with van der Waals surface area (Å²) in [5.41, 5.74) is 2.29. The smallest absolute Gasteiger partial charge is 0.322 e. The summed E-state index contributed by atoms with van der Waals surface area (Å²) in [7, 11) is 3.95. The highest BCUT2D eigenvalue weighted by atomic mass is 16.4. The third-order valence-corrected chi connectivity index (χ3v) is 3.26. The fourth-order valence-corrected chi connectivity index (χ4v) is 2.28. The molecule has 0 bridgehead atoms. The molecule has 6 nitrogen and oxygen atoms in total. The van der Waals surface area contributed by atoms with Gasteiger partial charge < -0.3 is 14.6 Å². The molecule has 0 saturated heterocycles. The third-order valence-electron chi connectivity index (χ3n) is 3.26. The summed E-state index contributed by atoms with van der Waals surface area (Å²) >= 11 is 0. The topological polar surface area (TPSA) is 57.4 Å². The van der Waals surface area contributed by atoms with Gasteiger partial charge in [0.15, 0.2) is 0 Å². The highest BCUT2D eigenvalue weighted by Gasteiger charge is 2.24. The molecule has 0 aliphatic carbocycles. The van der Waals surface area contributed by atoms with E-state index in [4.69, 9.17) is 4.42 Å². The molecule has 0 spiro atoms. The van der Waals surface area contributed by atoms with Crippen LogP contribution < -0.4 is 15.1 Å². The van der Waals surface area contributed by atoms with Crippen LogP contribution in [0.15, 0.2) is 28.7 Å². The summed E-state index contributed by atoms with van der Waals surface area (Å²) in [6.07, 6.45) is 0. The van der Waals surface area contributed by atoms with Crippen LogP contribution in [-0.4, -0.2) is 37.4 Å². The van der Waals surface area contributed by atoms with Gasteiger partial charge in [0.25, 0.3) is 0 Å². The van der Waals surface area contributed by atoms with Gasteiger partial charge >= 0.3 is 6.01 Å². The minimum absolute atomic E-state index is 0.561. The first-order chi connectivity index (χ1) is 9.29. The number of nitrogens with zero attached hydrogens (tertiary/aromatic N) is 4. The van der Waals surface area contributed by atoms with E-state index in [0.29, 0.717) is 18.5 Å². The maximum Gasteiger partial charge on any atom is 0.322 e. The number of hydrogen-bond donors (Lipinski definition) is 1. The molecule has 3 rings (SSSR count). The van der Waals surface area contributed by atoms with Gasteiger partial charge in [-0.3, -0.25) is 4.90 Å². The molecule has 0 amide bonds. The van der Waals surface area contributed by atoms with Crippen LogP contribution in [0.3, 0.4) is 0 Å². The Labute approximate surface area is 112 Å². The normalized spacial score (nSPS) is 14.6. The Bertz CT molecular complexity index is 568. The van der Waals surface area contributed by atoms with Gasteiger partial charge in [0.2, 0.25) is 5.89 Å². The predicted octanol–water partition coefficient (Wildman–Crippen LogP) is 1.38. The zero-order chi connectivity index (χ0) is 13.2. The van der Waals surface area contributed by atoms with Gasteiger partial charge in [-0.15, -0.1) is 5.10 Å². The fraction of sp³-hybridized carbons (Fsp3) is 0.385. The Morgan fingerprint density at radius 3 is 2.79 bits per heavy atom. The Balaban J connectivity index is 1.95. The molecular formula is C13H17N5O. The van der Waals surface area contributed by atoms with Crippen LogP contribution in [-0.2, 0) is 6.54 Å². The van der Waals surface area contributed by atoms with Gasteiger partial charge in [-0.2, -0.15) is 0 Å². The minimum atomic E-state index is 0.561. The van der Waals surface area contributed by atoms with Gasteiger partial charge in [-0.05, 0) is 19.2 Å². The first-order valence-electron chi connectivity index (χ1n) is 6.34. The number of fused-ring (bicyclic) bond motifs is 1. The molecular weight excluding hydrogens is 242 g/mol. The zero-order valence-electron chi connectivity index (χ0n) is 11.1. The fourth-order valence-electron chi connectivity index (χ4n) is 2.28. The van der Waals surface area contributed by atoms with Crippen LogP contribution in [0.1, 0.15) is 5.89 Å². The van der Waals surface area contributed by atoms with Gasteiger partial charge in [0.1, 0.15) is 0 Å². The number of benzene rings is 1. The number of rotatable bonds is 3. The summed E-state index contributed by atoms with van der Waals surface area (Å²) in [6, 6.07) is 8.81. The standard InChI is InChI=1S/C13H17N5O/c1-14-9-12-15-16-13(19-12)18-8-7-17(2)10-5-3-4-6-11(10)18/h3-6,14H,7-9H2,1-2H3. The lowest BCUT2D eigenvalue weighted by atomic mass is 10.2. The molecule has 2 aromatic rings. The van der Waals surface area contributed by atoms with Crippen molar-refractivity contribution in [2.75, 3.05) is 37.0 Å². The molecule has 100 valence electrons. The van der Waals surface area contributed by atoms with Crippen molar-refractivity contribution in [1.29, 1.82) is 0 Å². The van der Waals surface area contributed by atoms with Crippen molar-refractivity contribution in [1.82, 2.24) is 15.5 Å². The summed E-state index contributed by atoms with van der Waals surface area (Å²) in [5, 5.41) is 11.2. The number of aromatic nitrogens is 2. The van der Waals surface area contributed by atoms with Crippen molar-refractivity contribution in [2.45, 2.75) is 6.54 Å². The molecule has 0 unspecified atom stereocenters. The first-order valence-corrected chi connectivity index (χ1v) is 6.34. The average molecular weight is 259 g/mol. The lowest BCUT2D eigenvalue weighted by Gasteiger charge is -2.34. The van der Waals surface area contributed by atoms with Crippen molar-refractivity contribution in [3.05, 3.63) is 30.2 Å². The van der Waals surface area contributed by atoms with Crippen molar-refractivity contribution in [2.24, 2.45) is 0 Å².